The number of rotatable bonds is 3. The summed E-state index contributed by atoms with van der Waals surface area (Å²) in [6, 6.07) is 19.7. The number of nitrogens with one attached hydrogen (secondary N) is 1. The van der Waals surface area contributed by atoms with Crippen molar-refractivity contribution in [2.75, 3.05) is 0 Å². The van der Waals surface area contributed by atoms with E-state index in [1.54, 1.807) is 10.6 Å². The molecule has 4 heteroatoms. The molecule has 4 nitrogen and oxygen atoms in total. The van der Waals surface area contributed by atoms with Crippen LogP contribution in [-0.4, -0.2) is 14.6 Å². The molecule has 1 N–H and O–H groups in total. The van der Waals surface area contributed by atoms with Gasteiger partial charge in [-0.05, 0) is 18.9 Å². The Kier molecular flexibility index (Phi) is 3.73. The zero-order valence-electron chi connectivity index (χ0n) is 14.3. The van der Waals surface area contributed by atoms with Crippen LogP contribution < -0.4 is 5.56 Å². The van der Waals surface area contributed by atoms with Gasteiger partial charge in [-0.1, -0.05) is 67.1 Å². The SMILES string of the molecule is CCc1[nH]n2c(=O)cc(-c3ccc(C)cc3)nc2c1-c1ccccc1. The summed E-state index contributed by atoms with van der Waals surface area (Å²) in [6.45, 7) is 4.12. The third-order valence-electron chi connectivity index (χ3n) is 4.45. The van der Waals surface area contributed by atoms with Crippen molar-refractivity contribution >= 4 is 5.65 Å². The fraction of sp³-hybridized carbons (Fsp3) is 0.143. The van der Waals surface area contributed by atoms with Crippen LogP contribution in [0.4, 0.5) is 0 Å². The highest BCUT2D eigenvalue weighted by Crippen LogP contribution is 2.28. The number of aromatic amines is 1. The molecule has 0 amide bonds. The van der Waals surface area contributed by atoms with E-state index in [-0.39, 0.29) is 5.56 Å². The van der Waals surface area contributed by atoms with Crippen molar-refractivity contribution in [1.29, 1.82) is 0 Å². The average Bonchev–Trinajstić information content (AvgIpc) is 3.02. The molecule has 0 unspecified atom stereocenters. The summed E-state index contributed by atoms with van der Waals surface area (Å²) in [4.78, 5) is 17.5. The molecule has 0 radical (unpaired) electrons. The molecule has 0 fully saturated rings. The molecule has 4 aromatic rings. The Morgan fingerprint density at radius 1 is 1.00 bits per heavy atom. The van der Waals surface area contributed by atoms with E-state index in [9.17, 15) is 4.79 Å². The normalized spacial score (nSPS) is 11.1. The maximum absolute atomic E-state index is 12.6. The summed E-state index contributed by atoms with van der Waals surface area (Å²) in [5.74, 6) is 0. The van der Waals surface area contributed by atoms with E-state index in [0.29, 0.717) is 11.3 Å². The summed E-state index contributed by atoms with van der Waals surface area (Å²) in [6.07, 6.45) is 0.799. The number of nitrogens with zero attached hydrogens (tertiary/aromatic N) is 2. The Bertz CT molecular complexity index is 1090. The standard InChI is InChI=1S/C21H19N3O/c1-3-17-20(16-7-5-4-6-8-16)21-22-18(13-19(25)24(21)23-17)15-11-9-14(2)10-12-15/h4-13,23H,3H2,1-2H3. The van der Waals surface area contributed by atoms with Crippen LogP contribution in [0.5, 0.6) is 0 Å². The zero-order chi connectivity index (χ0) is 17.4. The van der Waals surface area contributed by atoms with Crippen LogP contribution in [0.15, 0.2) is 65.5 Å². The lowest BCUT2D eigenvalue weighted by Gasteiger charge is -2.04. The van der Waals surface area contributed by atoms with Crippen LogP contribution in [0.1, 0.15) is 18.2 Å². The molecule has 0 aliphatic carbocycles. The maximum Gasteiger partial charge on any atom is 0.273 e. The number of aromatic nitrogens is 3. The molecule has 0 saturated carbocycles. The maximum atomic E-state index is 12.6. The zero-order valence-corrected chi connectivity index (χ0v) is 14.3. The lowest BCUT2D eigenvalue weighted by atomic mass is 10.0. The minimum Gasteiger partial charge on any atom is -0.293 e. The van der Waals surface area contributed by atoms with Crippen molar-refractivity contribution in [3.63, 3.8) is 0 Å². The summed E-state index contributed by atoms with van der Waals surface area (Å²) < 4.78 is 1.54. The van der Waals surface area contributed by atoms with E-state index in [4.69, 9.17) is 4.98 Å². The smallest absolute Gasteiger partial charge is 0.273 e. The first-order valence-electron chi connectivity index (χ1n) is 8.44. The van der Waals surface area contributed by atoms with E-state index >= 15 is 0 Å². The predicted octanol–water partition coefficient (Wildman–Crippen LogP) is 4.23. The fourth-order valence-corrected chi connectivity index (χ4v) is 3.12. The minimum atomic E-state index is -0.0996. The Hall–Kier alpha value is -3.14. The Morgan fingerprint density at radius 3 is 2.40 bits per heavy atom. The molecule has 2 aromatic carbocycles. The minimum absolute atomic E-state index is 0.0996. The number of hydrogen-bond acceptors (Lipinski definition) is 2. The van der Waals surface area contributed by atoms with Gasteiger partial charge in [0.25, 0.3) is 5.56 Å². The van der Waals surface area contributed by atoms with Gasteiger partial charge in [-0.2, -0.15) is 0 Å². The molecule has 0 aliphatic heterocycles. The third-order valence-corrected chi connectivity index (χ3v) is 4.45. The lowest BCUT2D eigenvalue weighted by Crippen LogP contribution is -2.14. The van der Waals surface area contributed by atoms with Crippen LogP contribution in [0.2, 0.25) is 0 Å². The molecule has 0 spiro atoms. The highest BCUT2D eigenvalue weighted by molar-refractivity contribution is 5.81. The molecule has 0 aliphatic rings. The second-order valence-corrected chi connectivity index (χ2v) is 6.19. The molecule has 4 rings (SSSR count). The lowest BCUT2D eigenvalue weighted by molar-refractivity contribution is 0.859. The van der Waals surface area contributed by atoms with E-state index in [2.05, 4.69) is 12.0 Å². The van der Waals surface area contributed by atoms with E-state index in [1.165, 1.54) is 5.56 Å². The van der Waals surface area contributed by atoms with E-state index in [1.807, 2.05) is 61.5 Å². The molecule has 124 valence electrons. The van der Waals surface area contributed by atoms with E-state index in [0.717, 1.165) is 28.8 Å². The van der Waals surface area contributed by atoms with Crippen molar-refractivity contribution in [1.82, 2.24) is 14.6 Å². The van der Waals surface area contributed by atoms with Gasteiger partial charge in [-0.25, -0.2) is 9.50 Å². The monoisotopic (exact) mass is 329 g/mol. The van der Waals surface area contributed by atoms with Gasteiger partial charge in [0.2, 0.25) is 0 Å². The molecule has 25 heavy (non-hydrogen) atoms. The number of fused-ring (bicyclic) bond motifs is 1. The van der Waals surface area contributed by atoms with Crippen LogP contribution in [0.3, 0.4) is 0 Å². The average molecular weight is 329 g/mol. The Labute approximate surface area is 145 Å². The Balaban J connectivity index is 2.01. The molecule has 0 saturated heterocycles. The highest BCUT2D eigenvalue weighted by atomic mass is 16.1. The molecule has 0 atom stereocenters. The fourth-order valence-electron chi connectivity index (χ4n) is 3.12. The molecular weight excluding hydrogens is 310 g/mol. The quantitative estimate of drug-likeness (QED) is 0.611. The van der Waals surface area contributed by atoms with Crippen molar-refractivity contribution in [2.24, 2.45) is 0 Å². The molecule has 0 bridgehead atoms. The first-order chi connectivity index (χ1) is 12.2. The van der Waals surface area contributed by atoms with Crippen LogP contribution in [-0.2, 0) is 6.42 Å². The predicted molar refractivity (Wildman–Crippen MR) is 101 cm³/mol. The van der Waals surface area contributed by atoms with Gasteiger partial charge in [0.05, 0.1) is 5.69 Å². The Morgan fingerprint density at radius 2 is 1.72 bits per heavy atom. The first-order valence-corrected chi connectivity index (χ1v) is 8.44. The van der Waals surface area contributed by atoms with Gasteiger partial charge >= 0.3 is 0 Å². The molecule has 2 heterocycles. The summed E-state index contributed by atoms with van der Waals surface area (Å²) in [7, 11) is 0. The molecule has 2 aromatic heterocycles. The molecular formula is C21H19N3O. The van der Waals surface area contributed by atoms with Crippen molar-refractivity contribution in [2.45, 2.75) is 20.3 Å². The van der Waals surface area contributed by atoms with E-state index < -0.39 is 0 Å². The second-order valence-electron chi connectivity index (χ2n) is 6.19. The van der Waals surface area contributed by atoms with Gasteiger partial charge in [0.15, 0.2) is 5.65 Å². The van der Waals surface area contributed by atoms with Gasteiger partial charge < -0.3 is 0 Å². The summed E-state index contributed by atoms with van der Waals surface area (Å²) >= 11 is 0. The van der Waals surface area contributed by atoms with Gasteiger partial charge in [-0.3, -0.25) is 9.89 Å². The number of H-pyrrole nitrogens is 1. The van der Waals surface area contributed by atoms with Crippen LogP contribution in [0, 0.1) is 6.92 Å². The topological polar surface area (TPSA) is 50.2 Å². The summed E-state index contributed by atoms with van der Waals surface area (Å²) in [5.41, 5.74) is 6.47. The van der Waals surface area contributed by atoms with Crippen LogP contribution >= 0.6 is 0 Å². The van der Waals surface area contributed by atoms with Crippen LogP contribution in [0.25, 0.3) is 28.0 Å². The van der Waals surface area contributed by atoms with Crippen molar-refractivity contribution in [3.8, 4) is 22.4 Å². The second kappa shape index (κ2) is 6.06. The van der Waals surface area contributed by atoms with Crippen molar-refractivity contribution in [3.05, 3.63) is 82.3 Å². The highest BCUT2D eigenvalue weighted by Gasteiger charge is 2.16. The first kappa shape index (κ1) is 15.4. The third kappa shape index (κ3) is 2.66. The number of hydrogen-bond donors (Lipinski definition) is 1. The van der Waals surface area contributed by atoms with Crippen molar-refractivity contribution < 1.29 is 0 Å². The number of benzene rings is 2. The summed E-state index contributed by atoms with van der Waals surface area (Å²) in [5, 5.41) is 3.21. The van der Waals surface area contributed by atoms with Gasteiger partial charge in [-0.15, -0.1) is 0 Å². The van der Waals surface area contributed by atoms with Gasteiger partial charge in [0, 0.05) is 22.9 Å². The largest absolute Gasteiger partial charge is 0.293 e. The van der Waals surface area contributed by atoms with Gasteiger partial charge in [0.1, 0.15) is 0 Å². The number of aryl methyl sites for hydroxylation is 2.